The topological polar surface area (TPSA) is 58.4 Å². The van der Waals surface area contributed by atoms with E-state index in [4.69, 9.17) is 17.3 Å². The fourth-order valence-corrected chi connectivity index (χ4v) is 4.27. The van der Waals surface area contributed by atoms with Crippen molar-refractivity contribution in [1.82, 2.24) is 10.2 Å². The summed E-state index contributed by atoms with van der Waals surface area (Å²) in [5.41, 5.74) is 8.30. The van der Waals surface area contributed by atoms with Crippen LogP contribution in [0.5, 0.6) is 0 Å². The Labute approximate surface area is 182 Å². The molecule has 0 saturated heterocycles. The maximum atomic E-state index is 12.1. The van der Waals surface area contributed by atoms with Gasteiger partial charge in [0.15, 0.2) is 0 Å². The fraction of sp³-hybridized carbons (Fsp3) is 0.421. The average Bonchev–Trinajstić information content (AvgIpc) is 3.03. The smallest absolute Gasteiger partial charge is 0.221 e. The number of nitrogens with zero attached hydrogens (tertiary/aromatic N) is 1. The first-order valence-corrected chi connectivity index (χ1v) is 9.85. The lowest BCUT2D eigenvalue weighted by atomic mass is 10.0. The molecule has 27 heavy (non-hydrogen) atoms. The van der Waals surface area contributed by atoms with E-state index in [9.17, 15) is 4.79 Å². The molecule has 2 unspecified atom stereocenters. The summed E-state index contributed by atoms with van der Waals surface area (Å²) in [6, 6.07) is 10.1. The zero-order valence-corrected chi connectivity index (χ0v) is 18.4. The van der Waals surface area contributed by atoms with Crippen molar-refractivity contribution in [2.75, 3.05) is 13.1 Å². The molecule has 1 aliphatic heterocycles. The minimum absolute atomic E-state index is 0. The molecule has 3 rings (SSSR count). The Bertz CT molecular complexity index is 721. The first-order valence-electron chi connectivity index (χ1n) is 8.60. The Hall–Kier alpha value is -0.820. The lowest BCUT2D eigenvalue weighted by molar-refractivity contribution is -0.121. The van der Waals surface area contributed by atoms with Crippen molar-refractivity contribution < 1.29 is 4.79 Å². The Morgan fingerprint density at radius 3 is 2.67 bits per heavy atom. The highest BCUT2D eigenvalue weighted by Crippen LogP contribution is 2.30. The monoisotopic (exact) mass is 449 g/mol. The number of nitrogens with two attached hydrogens (primary N) is 1. The zero-order valence-electron chi connectivity index (χ0n) is 15.2. The van der Waals surface area contributed by atoms with Gasteiger partial charge in [-0.2, -0.15) is 0 Å². The van der Waals surface area contributed by atoms with Crippen LogP contribution in [0.3, 0.4) is 0 Å². The number of thiophene rings is 1. The van der Waals surface area contributed by atoms with Crippen LogP contribution in [0.1, 0.15) is 35.4 Å². The van der Waals surface area contributed by atoms with Crippen molar-refractivity contribution in [2.45, 2.75) is 38.4 Å². The summed E-state index contributed by atoms with van der Waals surface area (Å²) in [4.78, 5) is 16.0. The highest BCUT2D eigenvalue weighted by molar-refractivity contribution is 7.10. The standard InChI is InChI=1S/C19H24ClN3OS.2ClH/c1-13(21)10-19(24)22-11-17(14-2-4-16(20)5-3-14)23-8-6-18-15(12-23)7-9-25-18;;/h2-5,7,9,13,17H,6,8,10-12,21H2,1H3,(H,22,24);2*1H. The molecule has 0 bridgehead atoms. The highest BCUT2D eigenvalue weighted by Gasteiger charge is 2.26. The molecule has 8 heteroatoms. The first kappa shape index (κ1) is 24.2. The maximum absolute atomic E-state index is 12.1. The van der Waals surface area contributed by atoms with E-state index >= 15 is 0 Å². The Morgan fingerprint density at radius 1 is 1.30 bits per heavy atom. The fourth-order valence-electron chi connectivity index (χ4n) is 3.25. The van der Waals surface area contributed by atoms with Gasteiger partial charge < -0.3 is 11.1 Å². The minimum atomic E-state index is -0.127. The van der Waals surface area contributed by atoms with Gasteiger partial charge in [-0.25, -0.2) is 0 Å². The molecule has 4 nitrogen and oxygen atoms in total. The van der Waals surface area contributed by atoms with Crippen LogP contribution < -0.4 is 11.1 Å². The zero-order chi connectivity index (χ0) is 17.8. The Kier molecular flexibility index (Phi) is 10.1. The second-order valence-corrected chi connectivity index (χ2v) is 8.08. The van der Waals surface area contributed by atoms with Crippen molar-refractivity contribution in [2.24, 2.45) is 5.73 Å². The first-order chi connectivity index (χ1) is 12.0. The summed E-state index contributed by atoms with van der Waals surface area (Å²) in [5.74, 6) is 0.00203. The van der Waals surface area contributed by atoms with Crippen LogP contribution in [0.2, 0.25) is 5.02 Å². The van der Waals surface area contributed by atoms with E-state index in [0.717, 1.165) is 24.5 Å². The number of hydrogen-bond acceptors (Lipinski definition) is 4. The van der Waals surface area contributed by atoms with Crippen LogP contribution in [-0.4, -0.2) is 29.9 Å². The van der Waals surface area contributed by atoms with Gasteiger partial charge in [-0.1, -0.05) is 23.7 Å². The highest BCUT2D eigenvalue weighted by atomic mass is 35.5. The molecule has 1 amide bonds. The van der Waals surface area contributed by atoms with Crippen LogP contribution in [0.4, 0.5) is 0 Å². The largest absolute Gasteiger partial charge is 0.354 e. The normalized spacial score (nSPS) is 15.7. The number of benzene rings is 1. The third-order valence-electron chi connectivity index (χ3n) is 4.53. The predicted octanol–water partition coefficient (Wildman–Crippen LogP) is 4.20. The lowest BCUT2D eigenvalue weighted by Gasteiger charge is -2.35. The molecule has 2 atom stereocenters. The van der Waals surface area contributed by atoms with Gasteiger partial charge in [-0.3, -0.25) is 9.69 Å². The molecule has 150 valence electrons. The van der Waals surface area contributed by atoms with E-state index < -0.39 is 0 Å². The molecule has 3 N–H and O–H groups in total. The van der Waals surface area contributed by atoms with E-state index in [1.165, 1.54) is 16.0 Å². The van der Waals surface area contributed by atoms with Gasteiger partial charge in [0.25, 0.3) is 0 Å². The van der Waals surface area contributed by atoms with Gasteiger partial charge in [0.1, 0.15) is 0 Å². The molecule has 0 saturated carbocycles. The van der Waals surface area contributed by atoms with E-state index in [-0.39, 0.29) is 42.8 Å². The second-order valence-electron chi connectivity index (χ2n) is 6.64. The summed E-state index contributed by atoms with van der Waals surface area (Å²) < 4.78 is 0. The van der Waals surface area contributed by atoms with Crippen LogP contribution >= 0.6 is 47.8 Å². The summed E-state index contributed by atoms with van der Waals surface area (Å²) in [6.45, 7) is 4.32. The number of halogens is 3. The third kappa shape index (κ3) is 6.63. The molecular weight excluding hydrogens is 425 g/mol. The van der Waals surface area contributed by atoms with Gasteiger partial charge >= 0.3 is 0 Å². The molecule has 1 aromatic heterocycles. The number of carbonyl (C=O) groups is 1. The number of rotatable bonds is 6. The summed E-state index contributed by atoms with van der Waals surface area (Å²) in [6.07, 6.45) is 1.41. The van der Waals surface area contributed by atoms with Gasteiger partial charge in [-0.05, 0) is 48.1 Å². The molecule has 2 heterocycles. The molecule has 0 aliphatic carbocycles. The molecule has 1 aliphatic rings. The number of hydrogen-bond donors (Lipinski definition) is 2. The van der Waals surface area contributed by atoms with Gasteiger partial charge in [-0.15, -0.1) is 36.2 Å². The molecule has 2 aromatic rings. The van der Waals surface area contributed by atoms with E-state index in [2.05, 4.69) is 21.7 Å². The van der Waals surface area contributed by atoms with Gasteiger partial charge in [0.2, 0.25) is 5.91 Å². The van der Waals surface area contributed by atoms with Crippen LogP contribution in [0.25, 0.3) is 0 Å². The predicted molar refractivity (Wildman–Crippen MR) is 118 cm³/mol. The molecule has 0 fully saturated rings. The summed E-state index contributed by atoms with van der Waals surface area (Å²) in [5, 5.41) is 5.94. The van der Waals surface area contributed by atoms with Crippen molar-refractivity contribution >= 4 is 53.7 Å². The number of fused-ring (bicyclic) bond motifs is 1. The van der Waals surface area contributed by atoms with Crippen molar-refractivity contribution in [3.05, 3.63) is 56.7 Å². The van der Waals surface area contributed by atoms with E-state index in [0.29, 0.717) is 13.0 Å². The van der Waals surface area contributed by atoms with Crippen LogP contribution in [0.15, 0.2) is 35.7 Å². The lowest BCUT2D eigenvalue weighted by Crippen LogP contribution is -2.41. The number of carbonyl (C=O) groups excluding carboxylic acids is 1. The third-order valence-corrected chi connectivity index (χ3v) is 5.81. The van der Waals surface area contributed by atoms with Crippen molar-refractivity contribution in [3.8, 4) is 0 Å². The van der Waals surface area contributed by atoms with E-state index in [1.807, 2.05) is 42.5 Å². The van der Waals surface area contributed by atoms with Crippen LogP contribution in [0, 0.1) is 0 Å². The molecular formula is C19H26Cl3N3OS. The summed E-state index contributed by atoms with van der Waals surface area (Å²) >= 11 is 7.88. The molecule has 0 radical (unpaired) electrons. The molecule has 0 spiro atoms. The molecule has 1 aromatic carbocycles. The van der Waals surface area contributed by atoms with Crippen molar-refractivity contribution in [1.29, 1.82) is 0 Å². The number of amides is 1. The Balaban J connectivity index is 0.00000182. The average molecular weight is 451 g/mol. The van der Waals surface area contributed by atoms with E-state index in [1.54, 1.807) is 0 Å². The van der Waals surface area contributed by atoms with Gasteiger partial charge in [0, 0.05) is 42.0 Å². The maximum Gasteiger partial charge on any atom is 0.221 e. The quantitative estimate of drug-likeness (QED) is 0.693. The number of nitrogens with one attached hydrogen (secondary N) is 1. The minimum Gasteiger partial charge on any atom is -0.354 e. The van der Waals surface area contributed by atoms with Gasteiger partial charge in [0.05, 0.1) is 6.04 Å². The Morgan fingerprint density at radius 2 is 2.00 bits per heavy atom. The second kappa shape index (κ2) is 11.2. The summed E-state index contributed by atoms with van der Waals surface area (Å²) in [7, 11) is 0. The van der Waals surface area contributed by atoms with Crippen LogP contribution in [-0.2, 0) is 17.8 Å². The van der Waals surface area contributed by atoms with Crippen molar-refractivity contribution in [3.63, 3.8) is 0 Å². The SMILES string of the molecule is CC(N)CC(=O)NCC(c1ccc(Cl)cc1)N1CCc2sccc2C1.Cl.Cl.